The van der Waals surface area contributed by atoms with Crippen molar-refractivity contribution in [2.75, 3.05) is 33.4 Å². The van der Waals surface area contributed by atoms with Gasteiger partial charge >= 0.3 is 5.97 Å². The van der Waals surface area contributed by atoms with Gasteiger partial charge in [0.2, 0.25) is 10.0 Å². The van der Waals surface area contributed by atoms with Crippen LogP contribution in [0, 0.1) is 6.92 Å². The number of esters is 1. The van der Waals surface area contributed by atoms with Crippen LogP contribution in [-0.2, 0) is 19.6 Å². The number of hydrogen-bond donors (Lipinski definition) is 2. The van der Waals surface area contributed by atoms with Crippen molar-refractivity contribution in [2.24, 2.45) is 0 Å². The van der Waals surface area contributed by atoms with Gasteiger partial charge in [0.25, 0.3) is 0 Å². The van der Waals surface area contributed by atoms with Gasteiger partial charge in [0, 0.05) is 13.1 Å². The molecule has 2 aromatic rings. The van der Waals surface area contributed by atoms with Gasteiger partial charge in [-0.25, -0.2) is 12.7 Å². The van der Waals surface area contributed by atoms with E-state index in [9.17, 15) is 18.3 Å². The van der Waals surface area contributed by atoms with Gasteiger partial charge in [-0.15, -0.1) is 0 Å². The Kier molecular flexibility index (Phi) is 8.58. The Labute approximate surface area is 207 Å². The normalized spacial score (nSPS) is 16.6. The molecule has 2 aromatic carbocycles. The van der Waals surface area contributed by atoms with E-state index in [1.54, 1.807) is 6.07 Å². The van der Waals surface area contributed by atoms with E-state index in [1.807, 2.05) is 25.1 Å². The number of nitrogens with zero attached hydrogens (tertiary/aromatic N) is 1. The zero-order valence-electron chi connectivity index (χ0n) is 20.7. The summed E-state index contributed by atoms with van der Waals surface area (Å²) in [5, 5.41) is 18.5. The molecule has 1 atom stereocenters. The van der Waals surface area contributed by atoms with E-state index in [2.05, 4.69) is 18.2 Å². The molecule has 0 aromatic heterocycles. The van der Waals surface area contributed by atoms with Gasteiger partial charge in [-0.3, -0.25) is 4.79 Å². The van der Waals surface area contributed by atoms with E-state index in [-0.39, 0.29) is 19.1 Å². The van der Waals surface area contributed by atoms with Crippen LogP contribution in [0.1, 0.15) is 43.7 Å². The summed E-state index contributed by atoms with van der Waals surface area (Å²) < 4.78 is 36.1. The van der Waals surface area contributed by atoms with Crippen LogP contribution in [0.15, 0.2) is 42.5 Å². The van der Waals surface area contributed by atoms with Crippen molar-refractivity contribution < 1.29 is 32.9 Å². The highest BCUT2D eigenvalue weighted by atomic mass is 32.2. The average Bonchev–Trinajstić information content (AvgIpc) is 2.86. The predicted octanol–water partition coefficient (Wildman–Crippen LogP) is 2.85. The molecule has 2 N–H and O–H groups in total. The Morgan fingerprint density at radius 1 is 1.17 bits per heavy atom. The zero-order valence-corrected chi connectivity index (χ0v) is 21.5. The number of hydrogen-bond acceptors (Lipinski definition) is 7. The summed E-state index contributed by atoms with van der Waals surface area (Å²) in [4.78, 5) is 12.0. The molecule has 3 rings (SSSR count). The molecule has 1 fully saturated rings. The summed E-state index contributed by atoms with van der Waals surface area (Å²) >= 11 is 0. The van der Waals surface area contributed by atoms with Gasteiger partial charge < -0.3 is 19.7 Å². The van der Waals surface area contributed by atoms with Crippen LogP contribution >= 0.6 is 0 Å². The fraction of sp³-hybridized carbons (Fsp3) is 0.500. The first-order chi connectivity index (χ1) is 16.5. The first kappa shape index (κ1) is 27.1. The molecule has 0 radical (unpaired) electrons. The minimum absolute atomic E-state index is 0.0170. The first-order valence-electron chi connectivity index (χ1n) is 11.7. The highest BCUT2D eigenvalue weighted by molar-refractivity contribution is 7.91. The fourth-order valence-corrected chi connectivity index (χ4v) is 6.00. The monoisotopic (exact) mass is 505 g/mol. The molecule has 9 heteroatoms. The summed E-state index contributed by atoms with van der Waals surface area (Å²) in [5.74, 6) is 0.0805. The number of aryl methyl sites for hydroxylation is 1. The van der Waals surface area contributed by atoms with Crippen molar-refractivity contribution in [3.8, 4) is 16.9 Å². The first-order valence-corrected chi connectivity index (χ1v) is 13.2. The van der Waals surface area contributed by atoms with Crippen molar-refractivity contribution in [1.82, 2.24) is 4.31 Å². The second-order valence-corrected chi connectivity index (χ2v) is 11.9. The van der Waals surface area contributed by atoms with E-state index in [1.165, 1.54) is 25.3 Å². The third-order valence-electron chi connectivity index (χ3n) is 6.64. The summed E-state index contributed by atoms with van der Waals surface area (Å²) in [6, 6.07) is 13.9. The second-order valence-electron chi connectivity index (χ2n) is 9.43. The number of carbonyl (C=O) groups excluding carboxylic acids is 1. The molecule has 8 nitrogen and oxygen atoms in total. The van der Waals surface area contributed by atoms with E-state index in [0.717, 1.165) is 22.3 Å². The lowest BCUT2D eigenvalue weighted by Gasteiger charge is -2.35. The minimum Gasteiger partial charge on any atom is -0.491 e. The van der Waals surface area contributed by atoms with Crippen molar-refractivity contribution >= 4 is 16.0 Å². The van der Waals surface area contributed by atoms with Gasteiger partial charge in [0.1, 0.15) is 18.5 Å². The lowest BCUT2D eigenvalue weighted by molar-refractivity contribution is -0.142. The zero-order chi connectivity index (χ0) is 25.8. The predicted molar refractivity (Wildman–Crippen MR) is 134 cm³/mol. The maximum atomic E-state index is 13.0. The molecule has 35 heavy (non-hydrogen) atoms. The Morgan fingerprint density at radius 2 is 1.86 bits per heavy atom. The number of piperidine rings is 1. The number of methoxy groups -OCH3 is 1. The van der Waals surface area contributed by atoms with Crippen LogP contribution in [0.2, 0.25) is 0 Å². The number of aliphatic hydroxyl groups is 2. The van der Waals surface area contributed by atoms with Crippen molar-refractivity contribution in [3.63, 3.8) is 0 Å². The minimum atomic E-state index is -3.83. The quantitative estimate of drug-likeness (QED) is 0.504. The van der Waals surface area contributed by atoms with Crippen LogP contribution in [0.4, 0.5) is 0 Å². The molecule has 1 heterocycles. The largest absolute Gasteiger partial charge is 0.491 e. The molecule has 0 spiro atoms. The standard InChI is InChI=1S/C26H35NO7S/c1-18-14-20(8-9-24(18)21-6-5-7-23(15-21)34-17-22(29)16-28)19-10-12-27(13-11-19)35(31,32)26(2,3)25(30)33-4/h5-9,14-15,19,22,28-29H,10-13,16-17H2,1-4H3/t22-/m1/s1. The van der Waals surface area contributed by atoms with Gasteiger partial charge in [-0.1, -0.05) is 30.3 Å². The Bertz CT molecular complexity index is 1140. The van der Waals surface area contributed by atoms with Gasteiger partial charge in [-0.05, 0) is 73.9 Å². The van der Waals surface area contributed by atoms with E-state index in [4.69, 9.17) is 14.6 Å². The van der Waals surface area contributed by atoms with Gasteiger partial charge in [-0.2, -0.15) is 0 Å². The van der Waals surface area contributed by atoms with Crippen LogP contribution in [0.5, 0.6) is 5.75 Å². The summed E-state index contributed by atoms with van der Waals surface area (Å²) in [5.41, 5.74) is 4.30. The number of rotatable bonds is 9. The van der Waals surface area contributed by atoms with E-state index >= 15 is 0 Å². The van der Waals surface area contributed by atoms with Crippen LogP contribution in [0.3, 0.4) is 0 Å². The molecule has 1 aliphatic heterocycles. The smallest absolute Gasteiger partial charge is 0.328 e. The Balaban J connectivity index is 1.70. The van der Waals surface area contributed by atoms with Gasteiger partial charge in [0.15, 0.2) is 4.75 Å². The third-order valence-corrected chi connectivity index (χ3v) is 9.14. The van der Waals surface area contributed by atoms with Crippen LogP contribution < -0.4 is 4.74 Å². The lowest BCUT2D eigenvalue weighted by atomic mass is 9.87. The van der Waals surface area contributed by atoms with Crippen LogP contribution in [-0.4, -0.2) is 73.2 Å². The molecular weight excluding hydrogens is 470 g/mol. The highest BCUT2D eigenvalue weighted by Gasteiger charge is 2.47. The third kappa shape index (κ3) is 5.86. The summed E-state index contributed by atoms with van der Waals surface area (Å²) in [7, 11) is -2.63. The summed E-state index contributed by atoms with van der Waals surface area (Å²) in [6.45, 7) is 5.19. The molecule has 0 bridgehead atoms. The van der Waals surface area contributed by atoms with Crippen molar-refractivity contribution in [2.45, 2.75) is 50.4 Å². The average molecular weight is 506 g/mol. The Morgan fingerprint density at radius 3 is 2.46 bits per heavy atom. The summed E-state index contributed by atoms with van der Waals surface area (Å²) in [6.07, 6.45) is 0.421. The van der Waals surface area contributed by atoms with Gasteiger partial charge in [0.05, 0.1) is 13.7 Å². The molecule has 0 saturated carbocycles. The number of sulfonamides is 1. The van der Waals surface area contributed by atoms with Crippen LogP contribution in [0.25, 0.3) is 11.1 Å². The number of aliphatic hydroxyl groups excluding tert-OH is 2. The molecule has 1 saturated heterocycles. The van der Waals surface area contributed by atoms with Crippen molar-refractivity contribution in [3.05, 3.63) is 53.6 Å². The van der Waals surface area contributed by atoms with Crippen molar-refractivity contribution in [1.29, 1.82) is 0 Å². The number of benzene rings is 2. The molecule has 0 unspecified atom stereocenters. The topological polar surface area (TPSA) is 113 Å². The van der Waals surface area contributed by atoms with E-state index in [0.29, 0.717) is 31.7 Å². The second kappa shape index (κ2) is 11.1. The maximum Gasteiger partial charge on any atom is 0.328 e. The highest BCUT2D eigenvalue weighted by Crippen LogP contribution is 2.35. The molecular formula is C26H35NO7S. The fourth-order valence-electron chi connectivity index (χ4n) is 4.37. The maximum absolute atomic E-state index is 13.0. The SMILES string of the molecule is COC(=O)C(C)(C)S(=O)(=O)N1CCC(c2ccc(-c3cccc(OC[C@H](O)CO)c3)c(C)c2)CC1. The lowest BCUT2D eigenvalue weighted by Crippen LogP contribution is -2.52. The Hall–Kier alpha value is -2.46. The number of carbonyl (C=O) groups is 1. The molecule has 0 amide bonds. The molecule has 1 aliphatic rings. The molecule has 192 valence electrons. The number of ether oxygens (including phenoxy) is 2. The molecule has 0 aliphatic carbocycles. The van der Waals surface area contributed by atoms with E-state index < -0.39 is 26.8 Å².